The van der Waals surface area contributed by atoms with Crippen molar-refractivity contribution in [3.63, 3.8) is 0 Å². The molecule has 1 aliphatic rings. The van der Waals surface area contributed by atoms with Crippen molar-refractivity contribution in [1.29, 1.82) is 0 Å². The molecule has 1 N–H and O–H groups in total. The second-order valence-electron chi connectivity index (χ2n) is 7.26. The monoisotopic (exact) mass is 380 g/mol. The van der Waals surface area contributed by atoms with Crippen LogP contribution in [0, 0.1) is 0 Å². The van der Waals surface area contributed by atoms with E-state index in [1.165, 1.54) is 5.56 Å². The maximum atomic E-state index is 10.6. The fourth-order valence-corrected chi connectivity index (χ4v) is 3.40. The summed E-state index contributed by atoms with van der Waals surface area (Å²) < 4.78 is 6.02. The summed E-state index contributed by atoms with van der Waals surface area (Å²) in [5.74, 6) is 0.0794. The summed E-state index contributed by atoms with van der Waals surface area (Å²) in [4.78, 5) is 10.6. The summed E-state index contributed by atoms with van der Waals surface area (Å²) in [6, 6.07) is 16.7. The van der Waals surface area contributed by atoms with Gasteiger partial charge in [0.1, 0.15) is 12.4 Å². The number of carboxylic acids is 1. The molecule has 2 aromatic rings. The van der Waals surface area contributed by atoms with Gasteiger partial charge in [0, 0.05) is 18.6 Å². The summed E-state index contributed by atoms with van der Waals surface area (Å²) in [6.07, 6.45) is 3.54. The van der Waals surface area contributed by atoms with Crippen molar-refractivity contribution in [2.45, 2.75) is 52.0 Å². The van der Waals surface area contributed by atoms with E-state index in [-0.39, 0.29) is 12.5 Å². The Morgan fingerprint density at radius 2 is 1.82 bits per heavy atom. The highest BCUT2D eigenvalue weighted by atomic mass is 16.5. The van der Waals surface area contributed by atoms with Gasteiger partial charge in [-0.05, 0) is 61.6 Å². The smallest absolute Gasteiger partial charge is 0.303 e. The molecule has 0 bridgehead atoms. The van der Waals surface area contributed by atoms with Gasteiger partial charge in [0.15, 0.2) is 0 Å². The molecule has 28 heavy (non-hydrogen) atoms. The number of nitrogens with zero attached hydrogens (tertiary/aromatic N) is 2. The molecular formula is C23H28N2O3. The first-order valence-corrected chi connectivity index (χ1v) is 9.91. The van der Waals surface area contributed by atoms with Crippen LogP contribution in [0.25, 0.3) is 0 Å². The first-order valence-electron chi connectivity index (χ1n) is 9.91. The van der Waals surface area contributed by atoms with Gasteiger partial charge in [-0.15, -0.1) is 0 Å². The fourth-order valence-electron chi connectivity index (χ4n) is 3.40. The molecule has 0 aromatic heterocycles. The Bertz CT molecular complexity index is 813. The Kier molecular flexibility index (Phi) is 6.69. The zero-order valence-corrected chi connectivity index (χ0v) is 16.6. The lowest BCUT2D eigenvalue weighted by Crippen LogP contribution is -2.32. The molecule has 2 aromatic carbocycles. The van der Waals surface area contributed by atoms with Crippen molar-refractivity contribution in [2.75, 3.05) is 11.6 Å². The first kappa shape index (κ1) is 19.9. The van der Waals surface area contributed by atoms with Crippen molar-refractivity contribution < 1.29 is 14.6 Å². The SMILES string of the molecule is CCc1ccc(N2N=C(C)CC2COc2ccc(CCCC(=O)O)cc2)cc1. The van der Waals surface area contributed by atoms with Crippen molar-refractivity contribution in [3.05, 3.63) is 59.7 Å². The fraction of sp³-hybridized carbons (Fsp3) is 0.391. The lowest BCUT2D eigenvalue weighted by Gasteiger charge is -2.24. The molecule has 3 rings (SSSR count). The zero-order chi connectivity index (χ0) is 19.9. The molecule has 0 fully saturated rings. The Hall–Kier alpha value is -2.82. The summed E-state index contributed by atoms with van der Waals surface area (Å²) in [5.41, 5.74) is 4.66. The van der Waals surface area contributed by atoms with Crippen LogP contribution in [0.3, 0.4) is 0 Å². The van der Waals surface area contributed by atoms with Gasteiger partial charge in [0.2, 0.25) is 0 Å². The molecule has 1 heterocycles. The van der Waals surface area contributed by atoms with E-state index in [1.807, 2.05) is 24.3 Å². The molecular weight excluding hydrogens is 352 g/mol. The molecule has 1 atom stereocenters. The van der Waals surface area contributed by atoms with Crippen LogP contribution in [-0.4, -0.2) is 29.4 Å². The Morgan fingerprint density at radius 1 is 1.14 bits per heavy atom. The number of anilines is 1. The largest absolute Gasteiger partial charge is 0.491 e. The summed E-state index contributed by atoms with van der Waals surface area (Å²) >= 11 is 0. The average Bonchev–Trinajstić information content (AvgIpc) is 3.08. The van der Waals surface area contributed by atoms with Crippen molar-refractivity contribution >= 4 is 17.4 Å². The maximum absolute atomic E-state index is 10.6. The predicted octanol–water partition coefficient (Wildman–Crippen LogP) is 4.69. The van der Waals surface area contributed by atoms with Gasteiger partial charge in [0.05, 0.1) is 11.7 Å². The minimum Gasteiger partial charge on any atom is -0.491 e. The van der Waals surface area contributed by atoms with Gasteiger partial charge in [-0.1, -0.05) is 31.2 Å². The Balaban J connectivity index is 1.56. The van der Waals surface area contributed by atoms with E-state index in [1.54, 1.807) is 0 Å². The maximum Gasteiger partial charge on any atom is 0.303 e. The number of benzene rings is 2. The number of aliphatic carboxylic acids is 1. The summed E-state index contributed by atoms with van der Waals surface area (Å²) in [7, 11) is 0. The third-order valence-corrected chi connectivity index (χ3v) is 4.99. The van der Waals surface area contributed by atoms with Gasteiger partial charge in [-0.3, -0.25) is 9.80 Å². The minimum atomic E-state index is -0.747. The highest BCUT2D eigenvalue weighted by Gasteiger charge is 2.26. The van der Waals surface area contributed by atoms with E-state index in [0.29, 0.717) is 13.0 Å². The normalized spacial score (nSPS) is 16.1. The van der Waals surface area contributed by atoms with Crippen molar-refractivity contribution in [3.8, 4) is 5.75 Å². The molecule has 0 aliphatic carbocycles. The topological polar surface area (TPSA) is 62.1 Å². The second-order valence-corrected chi connectivity index (χ2v) is 7.26. The third kappa shape index (κ3) is 5.35. The van der Waals surface area contributed by atoms with E-state index >= 15 is 0 Å². The second kappa shape index (κ2) is 9.40. The number of hydrazone groups is 1. The van der Waals surface area contributed by atoms with E-state index in [9.17, 15) is 4.79 Å². The van der Waals surface area contributed by atoms with E-state index in [0.717, 1.165) is 42.0 Å². The van der Waals surface area contributed by atoms with Gasteiger partial charge in [-0.25, -0.2) is 0 Å². The number of hydrogen-bond donors (Lipinski definition) is 1. The molecule has 148 valence electrons. The number of carbonyl (C=O) groups is 1. The molecule has 1 aliphatic heterocycles. The molecule has 0 amide bonds. The van der Waals surface area contributed by atoms with Crippen molar-refractivity contribution in [2.24, 2.45) is 5.10 Å². The third-order valence-electron chi connectivity index (χ3n) is 4.99. The molecule has 1 unspecified atom stereocenters. The van der Waals surface area contributed by atoms with E-state index in [4.69, 9.17) is 14.9 Å². The summed E-state index contributed by atoms with van der Waals surface area (Å²) in [6.45, 7) is 4.77. The van der Waals surface area contributed by atoms with Crippen LogP contribution in [0.5, 0.6) is 5.75 Å². The average molecular weight is 380 g/mol. The van der Waals surface area contributed by atoms with Crippen LogP contribution < -0.4 is 9.75 Å². The van der Waals surface area contributed by atoms with Crippen LogP contribution in [0.15, 0.2) is 53.6 Å². The van der Waals surface area contributed by atoms with Crippen molar-refractivity contribution in [1.82, 2.24) is 0 Å². The van der Waals surface area contributed by atoms with Crippen LogP contribution >= 0.6 is 0 Å². The van der Waals surface area contributed by atoms with Gasteiger partial charge in [-0.2, -0.15) is 5.10 Å². The van der Waals surface area contributed by atoms with Crippen LogP contribution in [0.4, 0.5) is 5.69 Å². The molecule has 0 saturated carbocycles. The van der Waals surface area contributed by atoms with E-state index in [2.05, 4.69) is 43.1 Å². The molecule has 0 spiro atoms. The number of ether oxygens (including phenoxy) is 1. The number of rotatable bonds is 9. The summed E-state index contributed by atoms with van der Waals surface area (Å²) in [5, 5.41) is 15.5. The van der Waals surface area contributed by atoms with Gasteiger partial charge < -0.3 is 9.84 Å². The van der Waals surface area contributed by atoms with Crippen LogP contribution in [0.1, 0.15) is 44.2 Å². The molecule has 0 radical (unpaired) electrons. The standard InChI is InChI=1S/C23H28N2O3/c1-3-18-7-11-20(12-8-18)25-21(15-17(2)24-25)16-28-22-13-9-19(10-14-22)5-4-6-23(26)27/h7-14,21H,3-6,15-16H2,1-2H3,(H,26,27). The molecule has 5 heteroatoms. The van der Waals surface area contributed by atoms with Gasteiger partial charge >= 0.3 is 5.97 Å². The number of hydrogen-bond acceptors (Lipinski definition) is 4. The lowest BCUT2D eigenvalue weighted by molar-refractivity contribution is -0.137. The van der Waals surface area contributed by atoms with Gasteiger partial charge in [0.25, 0.3) is 0 Å². The lowest BCUT2D eigenvalue weighted by atomic mass is 10.1. The Labute approximate surface area is 166 Å². The predicted molar refractivity (Wildman–Crippen MR) is 112 cm³/mol. The van der Waals surface area contributed by atoms with Crippen LogP contribution in [-0.2, 0) is 17.6 Å². The quantitative estimate of drug-likeness (QED) is 0.685. The Morgan fingerprint density at radius 3 is 2.46 bits per heavy atom. The van der Waals surface area contributed by atoms with E-state index < -0.39 is 5.97 Å². The number of aryl methyl sites for hydroxylation is 2. The molecule has 0 saturated heterocycles. The zero-order valence-electron chi connectivity index (χ0n) is 16.6. The van der Waals surface area contributed by atoms with Crippen LogP contribution in [0.2, 0.25) is 0 Å². The highest BCUT2D eigenvalue weighted by Crippen LogP contribution is 2.26. The minimum absolute atomic E-state index is 0.183. The highest BCUT2D eigenvalue weighted by molar-refractivity contribution is 5.86. The first-order chi connectivity index (χ1) is 13.5. The number of carboxylic acid groups (broad SMARTS) is 1. The molecule has 5 nitrogen and oxygen atoms in total.